The number of pyridine rings is 1. The summed E-state index contributed by atoms with van der Waals surface area (Å²) in [5.74, 6) is 2.43. The second-order valence-electron chi connectivity index (χ2n) is 8.62. The van der Waals surface area contributed by atoms with Crippen molar-refractivity contribution in [2.75, 3.05) is 0 Å². The van der Waals surface area contributed by atoms with E-state index in [9.17, 15) is 4.79 Å². The van der Waals surface area contributed by atoms with Gasteiger partial charge in [0.2, 0.25) is 0 Å². The first-order chi connectivity index (χ1) is 15.8. The minimum absolute atomic E-state index is 0.657. The van der Waals surface area contributed by atoms with Crippen LogP contribution in [0.3, 0.4) is 0 Å². The van der Waals surface area contributed by atoms with Gasteiger partial charge < -0.3 is 4.57 Å². The van der Waals surface area contributed by atoms with Crippen LogP contribution in [0.2, 0.25) is 0 Å². The lowest BCUT2D eigenvalue weighted by Crippen LogP contribution is -2.07. The van der Waals surface area contributed by atoms with Gasteiger partial charge in [-0.3, -0.25) is 9.36 Å². The van der Waals surface area contributed by atoms with Crippen molar-refractivity contribution in [2.45, 2.75) is 32.7 Å². The third-order valence-corrected chi connectivity index (χ3v) is 6.43. The van der Waals surface area contributed by atoms with E-state index in [1.807, 2.05) is 36.5 Å². The largest absolute Gasteiger partial charge is 0.338 e. The highest BCUT2D eigenvalue weighted by molar-refractivity contribution is 5.93. The molecule has 0 saturated heterocycles. The summed E-state index contributed by atoms with van der Waals surface area (Å²) in [6.07, 6.45) is 6.09. The van der Waals surface area contributed by atoms with Crippen LogP contribution in [0.1, 0.15) is 35.7 Å². The molecule has 1 aliphatic rings. The molecule has 0 N–H and O–H groups in total. The number of aryl methyl sites for hydroxylation is 1. The molecule has 0 bridgehead atoms. The molecule has 1 aliphatic carbocycles. The van der Waals surface area contributed by atoms with Crippen LogP contribution >= 0.6 is 0 Å². The quantitative estimate of drug-likeness (QED) is 0.325. The number of benzene rings is 2. The van der Waals surface area contributed by atoms with E-state index in [1.54, 1.807) is 0 Å². The molecule has 6 rings (SSSR count). The highest BCUT2D eigenvalue weighted by atomic mass is 16.1. The normalized spacial score (nSPS) is 13.8. The average molecular weight is 421 g/mol. The molecule has 1 saturated carbocycles. The number of para-hydroxylation sites is 1. The van der Waals surface area contributed by atoms with Crippen molar-refractivity contribution in [2.24, 2.45) is 5.92 Å². The first-order valence-electron chi connectivity index (χ1n) is 11.3. The Morgan fingerprint density at radius 1 is 1.06 bits per heavy atom. The molecular formula is C27H24N4O. The molecule has 0 atom stereocenters. The highest BCUT2D eigenvalue weighted by Gasteiger charge is 2.26. The van der Waals surface area contributed by atoms with E-state index in [-0.39, 0.29) is 0 Å². The van der Waals surface area contributed by atoms with Crippen molar-refractivity contribution in [3.63, 3.8) is 0 Å². The van der Waals surface area contributed by atoms with Crippen molar-refractivity contribution >= 4 is 28.2 Å². The lowest BCUT2D eigenvalue weighted by molar-refractivity contribution is 0.112. The van der Waals surface area contributed by atoms with E-state index in [0.717, 1.165) is 59.1 Å². The van der Waals surface area contributed by atoms with E-state index in [4.69, 9.17) is 4.98 Å². The van der Waals surface area contributed by atoms with Crippen molar-refractivity contribution in [1.29, 1.82) is 0 Å². The number of nitrogens with zero attached hydrogens (tertiary/aromatic N) is 4. The lowest BCUT2D eigenvalue weighted by atomic mass is 10.1. The van der Waals surface area contributed by atoms with Crippen LogP contribution in [0.4, 0.5) is 0 Å². The predicted molar refractivity (Wildman–Crippen MR) is 127 cm³/mol. The van der Waals surface area contributed by atoms with Crippen molar-refractivity contribution in [3.8, 4) is 17.3 Å². The summed E-state index contributed by atoms with van der Waals surface area (Å²) in [4.78, 5) is 21.4. The Hall–Kier alpha value is -3.73. The topological polar surface area (TPSA) is 52.7 Å². The summed E-state index contributed by atoms with van der Waals surface area (Å²) in [6, 6.07) is 20.6. The number of carbonyl (C=O) groups excluding carboxylic acids is 1. The molecule has 5 aromatic rings. The fraction of sp³-hybridized carbons (Fsp3) is 0.222. The van der Waals surface area contributed by atoms with E-state index in [1.165, 1.54) is 23.7 Å². The molecule has 0 spiro atoms. The Labute approximate surface area is 186 Å². The Morgan fingerprint density at radius 3 is 2.66 bits per heavy atom. The van der Waals surface area contributed by atoms with Gasteiger partial charge in [-0.2, -0.15) is 0 Å². The van der Waals surface area contributed by atoms with Gasteiger partial charge in [-0.15, -0.1) is 0 Å². The fourth-order valence-electron chi connectivity index (χ4n) is 4.68. The lowest BCUT2D eigenvalue weighted by Gasteiger charge is -2.13. The van der Waals surface area contributed by atoms with Crippen molar-refractivity contribution < 1.29 is 4.79 Å². The molecule has 0 unspecified atom stereocenters. The fourth-order valence-corrected chi connectivity index (χ4v) is 4.68. The maximum absolute atomic E-state index is 11.6. The molecule has 158 valence electrons. The van der Waals surface area contributed by atoms with Gasteiger partial charge in [0.15, 0.2) is 5.82 Å². The van der Waals surface area contributed by atoms with E-state index in [0.29, 0.717) is 5.56 Å². The average Bonchev–Trinajstić information content (AvgIpc) is 3.47. The van der Waals surface area contributed by atoms with E-state index in [2.05, 4.69) is 51.4 Å². The number of imidazole rings is 1. The number of fused-ring (bicyclic) bond motifs is 2. The SMILES string of the molecule is CCc1cc(C=O)cc2nc(-c3cc4ccccc4n3CC3CC3)n(-c3ccccn3)c12. The van der Waals surface area contributed by atoms with Gasteiger partial charge in [0.25, 0.3) is 0 Å². The van der Waals surface area contributed by atoms with Gasteiger partial charge in [0.05, 0.1) is 16.7 Å². The maximum Gasteiger partial charge on any atom is 0.163 e. The molecule has 3 aromatic heterocycles. The van der Waals surface area contributed by atoms with Gasteiger partial charge in [-0.05, 0) is 67.1 Å². The number of aromatic nitrogens is 4. The van der Waals surface area contributed by atoms with Gasteiger partial charge in [-0.1, -0.05) is 31.2 Å². The zero-order valence-corrected chi connectivity index (χ0v) is 18.0. The number of rotatable bonds is 6. The zero-order valence-electron chi connectivity index (χ0n) is 18.0. The number of carbonyl (C=O) groups is 1. The molecule has 5 heteroatoms. The van der Waals surface area contributed by atoms with Crippen LogP contribution in [0, 0.1) is 5.92 Å². The second-order valence-corrected chi connectivity index (χ2v) is 8.62. The third kappa shape index (κ3) is 3.04. The van der Waals surface area contributed by atoms with Crippen LogP contribution in [0.5, 0.6) is 0 Å². The minimum Gasteiger partial charge on any atom is -0.338 e. The second kappa shape index (κ2) is 7.45. The summed E-state index contributed by atoms with van der Waals surface area (Å²) in [7, 11) is 0. The number of aldehydes is 1. The summed E-state index contributed by atoms with van der Waals surface area (Å²) < 4.78 is 4.58. The number of hydrogen-bond acceptors (Lipinski definition) is 3. The van der Waals surface area contributed by atoms with E-state index >= 15 is 0 Å². The molecule has 0 radical (unpaired) electrons. The summed E-state index contributed by atoms with van der Waals surface area (Å²) >= 11 is 0. The first-order valence-corrected chi connectivity index (χ1v) is 11.3. The zero-order chi connectivity index (χ0) is 21.7. The van der Waals surface area contributed by atoms with Gasteiger partial charge >= 0.3 is 0 Å². The Balaban J connectivity index is 1.71. The molecule has 0 amide bonds. The molecular weight excluding hydrogens is 396 g/mol. The van der Waals surface area contributed by atoms with Crippen molar-refractivity contribution in [1.82, 2.24) is 19.1 Å². The Kier molecular flexibility index (Phi) is 4.42. The molecule has 1 fully saturated rings. The summed E-state index contributed by atoms with van der Waals surface area (Å²) in [6.45, 7) is 3.11. The van der Waals surface area contributed by atoms with Crippen LogP contribution in [0.15, 0.2) is 66.9 Å². The van der Waals surface area contributed by atoms with Crippen LogP contribution in [0.25, 0.3) is 39.3 Å². The van der Waals surface area contributed by atoms with Gasteiger partial charge in [-0.25, -0.2) is 9.97 Å². The molecule has 32 heavy (non-hydrogen) atoms. The summed E-state index contributed by atoms with van der Waals surface area (Å²) in [5.41, 5.74) is 5.93. The molecule has 2 aromatic carbocycles. The van der Waals surface area contributed by atoms with Crippen LogP contribution in [-0.2, 0) is 13.0 Å². The highest BCUT2D eigenvalue weighted by Crippen LogP contribution is 2.38. The molecule has 3 heterocycles. The van der Waals surface area contributed by atoms with E-state index < -0.39 is 0 Å². The van der Waals surface area contributed by atoms with Crippen LogP contribution < -0.4 is 0 Å². The van der Waals surface area contributed by atoms with Gasteiger partial charge in [0, 0.05) is 29.2 Å². The summed E-state index contributed by atoms with van der Waals surface area (Å²) in [5, 5.41) is 1.21. The molecule has 0 aliphatic heterocycles. The predicted octanol–water partition coefficient (Wildman–Crippen LogP) is 5.83. The Bertz CT molecular complexity index is 1460. The van der Waals surface area contributed by atoms with Gasteiger partial charge in [0.1, 0.15) is 12.1 Å². The smallest absolute Gasteiger partial charge is 0.163 e. The van der Waals surface area contributed by atoms with Crippen LogP contribution in [-0.4, -0.2) is 25.4 Å². The maximum atomic E-state index is 11.6. The number of hydrogen-bond donors (Lipinski definition) is 0. The van der Waals surface area contributed by atoms with Crippen molar-refractivity contribution in [3.05, 3.63) is 78.0 Å². The monoisotopic (exact) mass is 420 g/mol. The third-order valence-electron chi connectivity index (χ3n) is 6.43. The standard InChI is InChI=1S/C27H24N4O/c1-2-20-13-19(17-32)14-22-26(20)31(25-9-5-6-12-28-25)27(29-22)24-15-21-7-3-4-8-23(21)30(24)16-18-10-11-18/h3-9,12-15,17-18H,2,10-11,16H2,1H3. The molecule has 5 nitrogen and oxygen atoms in total. The minimum atomic E-state index is 0.657. The first kappa shape index (κ1) is 19.0. The Morgan fingerprint density at radius 2 is 1.91 bits per heavy atom.